The Hall–Kier alpha value is -2.23. The Balaban J connectivity index is 1.60. The number of nitrogens with one attached hydrogen (secondary N) is 1. The van der Waals surface area contributed by atoms with Gasteiger partial charge in [-0.2, -0.15) is 0 Å². The van der Waals surface area contributed by atoms with Gasteiger partial charge in [0.05, 0.1) is 10.6 Å². The van der Waals surface area contributed by atoms with Crippen LogP contribution in [0.5, 0.6) is 0 Å². The summed E-state index contributed by atoms with van der Waals surface area (Å²) >= 11 is 9.09. The van der Waals surface area contributed by atoms with Crippen molar-refractivity contribution in [3.63, 3.8) is 0 Å². The number of anilines is 1. The molecule has 0 aliphatic carbocycles. The summed E-state index contributed by atoms with van der Waals surface area (Å²) in [6.45, 7) is 0. The molecule has 0 radical (unpaired) electrons. The van der Waals surface area contributed by atoms with Gasteiger partial charge in [0, 0.05) is 21.5 Å². The first-order valence-corrected chi connectivity index (χ1v) is 10.5. The van der Waals surface area contributed by atoms with Crippen LogP contribution in [-0.2, 0) is 14.6 Å². The minimum absolute atomic E-state index is 0.0983. The molecule has 140 valence electrons. The second-order valence-corrected chi connectivity index (χ2v) is 8.95. The van der Waals surface area contributed by atoms with E-state index in [1.165, 1.54) is 24.3 Å². The zero-order valence-corrected chi connectivity index (χ0v) is 16.9. The van der Waals surface area contributed by atoms with Crippen molar-refractivity contribution in [2.75, 3.05) is 11.1 Å². The van der Waals surface area contributed by atoms with E-state index in [0.717, 1.165) is 4.47 Å². The second kappa shape index (κ2) is 8.20. The summed E-state index contributed by atoms with van der Waals surface area (Å²) in [4.78, 5) is 12.1. The van der Waals surface area contributed by atoms with E-state index in [1.54, 1.807) is 12.1 Å². The zero-order valence-electron chi connectivity index (χ0n) is 13.7. The molecule has 1 N–H and O–H groups in total. The van der Waals surface area contributed by atoms with E-state index < -0.39 is 15.7 Å². The SMILES string of the molecule is O=C(CCS(=O)(=O)c1ccc(Cl)cc1)Nc1nnc(-c2cccc(Br)c2)o1. The van der Waals surface area contributed by atoms with E-state index in [9.17, 15) is 13.2 Å². The van der Waals surface area contributed by atoms with E-state index in [0.29, 0.717) is 10.6 Å². The number of rotatable bonds is 6. The highest BCUT2D eigenvalue weighted by Gasteiger charge is 2.18. The van der Waals surface area contributed by atoms with E-state index in [2.05, 4.69) is 31.4 Å². The van der Waals surface area contributed by atoms with Gasteiger partial charge in [0.2, 0.25) is 11.8 Å². The Bertz CT molecular complexity index is 1070. The van der Waals surface area contributed by atoms with Gasteiger partial charge >= 0.3 is 6.01 Å². The minimum Gasteiger partial charge on any atom is -0.403 e. The molecule has 10 heteroatoms. The lowest BCUT2D eigenvalue weighted by molar-refractivity contribution is -0.115. The van der Waals surface area contributed by atoms with Crippen molar-refractivity contribution in [3.05, 3.63) is 58.0 Å². The predicted octanol–water partition coefficient (Wildman–Crippen LogP) is 3.96. The van der Waals surface area contributed by atoms with Crippen LogP contribution in [0.4, 0.5) is 6.01 Å². The fourth-order valence-electron chi connectivity index (χ4n) is 2.18. The fraction of sp³-hybridized carbons (Fsp3) is 0.118. The van der Waals surface area contributed by atoms with Crippen LogP contribution in [0.25, 0.3) is 11.5 Å². The Labute approximate surface area is 168 Å². The first kappa shape index (κ1) is 19.5. The van der Waals surface area contributed by atoms with Gasteiger partial charge in [-0.05, 0) is 42.5 Å². The fourth-order valence-corrected chi connectivity index (χ4v) is 3.95. The molecule has 2 aromatic carbocycles. The molecule has 27 heavy (non-hydrogen) atoms. The number of nitrogens with zero attached hydrogens (tertiary/aromatic N) is 2. The van der Waals surface area contributed by atoms with Crippen LogP contribution in [0, 0.1) is 0 Å². The Morgan fingerprint density at radius 2 is 1.89 bits per heavy atom. The lowest BCUT2D eigenvalue weighted by Crippen LogP contribution is -2.17. The summed E-state index contributed by atoms with van der Waals surface area (Å²) in [6.07, 6.45) is -0.250. The molecule has 0 aliphatic heterocycles. The standard InChI is InChI=1S/C17H13BrClN3O4S/c18-12-3-1-2-11(10-12)16-21-22-17(26-16)20-15(23)8-9-27(24,25)14-6-4-13(19)5-7-14/h1-7,10H,8-9H2,(H,20,22,23). The van der Waals surface area contributed by atoms with Crippen molar-refractivity contribution in [1.29, 1.82) is 0 Å². The van der Waals surface area contributed by atoms with Crippen molar-refractivity contribution in [2.24, 2.45) is 0 Å². The molecule has 3 aromatic rings. The molecule has 0 unspecified atom stereocenters. The molecule has 0 saturated heterocycles. The third-order valence-electron chi connectivity index (χ3n) is 3.51. The number of carbonyl (C=O) groups excluding carboxylic acids is 1. The first-order valence-electron chi connectivity index (χ1n) is 7.71. The largest absolute Gasteiger partial charge is 0.403 e. The van der Waals surface area contributed by atoms with Crippen molar-refractivity contribution >= 4 is 49.3 Å². The van der Waals surface area contributed by atoms with Crippen LogP contribution in [0.15, 0.2) is 62.3 Å². The number of amides is 1. The normalized spacial score (nSPS) is 11.3. The maximum Gasteiger partial charge on any atom is 0.322 e. The average Bonchev–Trinajstić information content (AvgIpc) is 3.09. The number of aromatic nitrogens is 2. The third kappa shape index (κ3) is 5.15. The molecule has 0 spiro atoms. The van der Waals surface area contributed by atoms with Gasteiger partial charge in [0.25, 0.3) is 0 Å². The summed E-state index contributed by atoms with van der Waals surface area (Å²) in [6, 6.07) is 12.9. The van der Waals surface area contributed by atoms with Gasteiger partial charge in [-0.3, -0.25) is 10.1 Å². The van der Waals surface area contributed by atoms with E-state index in [1.807, 2.05) is 12.1 Å². The molecule has 0 bridgehead atoms. The topological polar surface area (TPSA) is 102 Å². The molecule has 0 aliphatic rings. The molecule has 0 saturated carbocycles. The quantitative estimate of drug-likeness (QED) is 0.585. The van der Waals surface area contributed by atoms with E-state index in [-0.39, 0.29) is 29.0 Å². The van der Waals surface area contributed by atoms with Crippen LogP contribution in [0.2, 0.25) is 5.02 Å². The maximum absolute atomic E-state index is 12.2. The first-order chi connectivity index (χ1) is 12.8. The van der Waals surface area contributed by atoms with Gasteiger partial charge in [0.15, 0.2) is 9.84 Å². The lowest BCUT2D eigenvalue weighted by Gasteiger charge is -2.04. The van der Waals surface area contributed by atoms with Gasteiger partial charge in [0.1, 0.15) is 0 Å². The number of halogens is 2. The Morgan fingerprint density at radius 1 is 1.15 bits per heavy atom. The summed E-state index contributed by atoms with van der Waals surface area (Å²) in [5.74, 6) is -0.662. The van der Waals surface area contributed by atoms with E-state index >= 15 is 0 Å². The highest BCUT2D eigenvalue weighted by atomic mass is 79.9. The van der Waals surface area contributed by atoms with Crippen molar-refractivity contribution in [2.45, 2.75) is 11.3 Å². The van der Waals surface area contributed by atoms with Gasteiger partial charge in [-0.1, -0.05) is 38.7 Å². The minimum atomic E-state index is -3.60. The number of carbonyl (C=O) groups is 1. The van der Waals surface area contributed by atoms with Crippen LogP contribution in [-0.4, -0.2) is 30.3 Å². The maximum atomic E-state index is 12.2. The van der Waals surface area contributed by atoms with Gasteiger partial charge in [-0.25, -0.2) is 8.42 Å². The molecule has 3 rings (SSSR count). The van der Waals surface area contributed by atoms with Crippen LogP contribution >= 0.6 is 27.5 Å². The molecule has 1 heterocycles. The molecule has 0 fully saturated rings. The van der Waals surface area contributed by atoms with Crippen LogP contribution in [0.3, 0.4) is 0 Å². The van der Waals surface area contributed by atoms with Crippen molar-refractivity contribution in [1.82, 2.24) is 10.2 Å². The smallest absolute Gasteiger partial charge is 0.322 e. The molecular weight excluding hydrogens is 458 g/mol. The Kier molecular flexibility index (Phi) is 5.93. The zero-order chi connectivity index (χ0) is 19.4. The van der Waals surface area contributed by atoms with Crippen LogP contribution in [0.1, 0.15) is 6.42 Å². The van der Waals surface area contributed by atoms with Crippen LogP contribution < -0.4 is 5.32 Å². The number of hydrogen-bond donors (Lipinski definition) is 1. The predicted molar refractivity (Wildman–Crippen MR) is 104 cm³/mol. The number of hydrogen-bond acceptors (Lipinski definition) is 6. The summed E-state index contributed by atoms with van der Waals surface area (Å²) in [7, 11) is -3.60. The van der Waals surface area contributed by atoms with Crippen molar-refractivity contribution in [3.8, 4) is 11.5 Å². The second-order valence-electron chi connectivity index (χ2n) is 5.49. The molecular formula is C17H13BrClN3O4S. The Morgan fingerprint density at radius 3 is 2.59 bits per heavy atom. The molecule has 7 nitrogen and oxygen atoms in total. The van der Waals surface area contributed by atoms with Gasteiger partial charge in [-0.15, -0.1) is 5.10 Å². The summed E-state index contributed by atoms with van der Waals surface area (Å²) in [5, 5.41) is 10.4. The monoisotopic (exact) mass is 469 g/mol. The number of benzene rings is 2. The average molecular weight is 471 g/mol. The van der Waals surface area contributed by atoms with Crippen molar-refractivity contribution < 1.29 is 17.6 Å². The van der Waals surface area contributed by atoms with E-state index in [4.69, 9.17) is 16.0 Å². The molecule has 1 aromatic heterocycles. The summed E-state index contributed by atoms with van der Waals surface area (Å²) < 4.78 is 30.7. The summed E-state index contributed by atoms with van der Waals surface area (Å²) in [5.41, 5.74) is 0.683. The molecule has 0 atom stereocenters. The third-order valence-corrected chi connectivity index (χ3v) is 5.99. The molecule has 1 amide bonds. The highest BCUT2D eigenvalue weighted by molar-refractivity contribution is 9.10. The lowest BCUT2D eigenvalue weighted by atomic mass is 10.2. The van der Waals surface area contributed by atoms with Gasteiger partial charge < -0.3 is 4.42 Å². The number of sulfone groups is 1. The highest BCUT2D eigenvalue weighted by Crippen LogP contribution is 2.23.